The zero-order valence-corrected chi connectivity index (χ0v) is 19.8. The number of amides is 4. The molecule has 4 amide bonds. The number of carbonyl (C=O) groups excluding carboxylic acids is 5. The Hall–Kier alpha value is -3.76. The van der Waals surface area contributed by atoms with Crippen LogP contribution >= 0.6 is 0 Å². The van der Waals surface area contributed by atoms with Crippen molar-refractivity contribution in [2.45, 2.75) is 57.0 Å². The fourth-order valence-corrected chi connectivity index (χ4v) is 4.77. The molecule has 0 radical (unpaired) electrons. The van der Waals surface area contributed by atoms with E-state index in [2.05, 4.69) is 26.3 Å². The lowest BCUT2D eigenvalue weighted by molar-refractivity contribution is -0.141. The maximum absolute atomic E-state index is 13.4. The number of carbonyl (C=O) groups is 5. The molecular weight excluding hydrogens is 469 g/mol. The fraction of sp³-hybridized carbons (Fsp3) is 0.480. The molecule has 2 atom stereocenters. The van der Waals surface area contributed by atoms with Gasteiger partial charge >= 0.3 is 0 Å². The molecule has 1 aromatic heterocycles. The molecule has 192 valence electrons. The third kappa shape index (κ3) is 6.27. The number of benzene rings is 1. The average Bonchev–Trinajstić information content (AvgIpc) is 3.47. The first-order valence-electron chi connectivity index (χ1n) is 12.3. The van der Waals surface area contributed by atoms with E-state index in [4.69, 9.17) is 0 Å². The fourth-order valence-electron chi connectivity index (χ4n) is 4.77. The number of aromatic nitrogens is 1. The van der Waals surface area contributed by atoms with Crippen molar-refractivity contribution >= 4 is 40.3 Å². The summed E-state index contributed by atoms with van der Waals surface area (Å²) < 4.78 is 13.4. The topological polar surface area (TPSA) is 149 Å². The van der Waals surface area contributed by atoms with Gasteiger partial charge in [0.2, 0.25) is 17.6 Å². The summed E-state index contributed by atoms with van der Waals surface area (Å²) >= 11 is 0. The van der Waals surface area contributed by atoms with Crippen LogP contribution in [0.15, 0.2) is 24.3 Å². The van der Waals surface area contributed by atoms with Gasteiger partial charge in [0.15, 0.2) is 0 Å². The number of fused-ring (bicyclic) bond motifs is 1. The summed E-state index contributed by atoms with van der Waals surface area (Å²) in [5, 5.41) is 11.0. The van der Waals surface area contributed by atoms with Crippen molar-refractivity contribution in [3.63, 3.8) is 0 Å². The van der Waals surface area contributed by atoms with Crippen LogP contribution < -0.4 is 21.3 Å². The summed E-state index contributed by atoms with van der Waals surface area (Å²) in [4.78, 5) is 65.5. The van der Waals surface area contributed by atoms with Crippen LogP contribution in [0, 0.1) is 11.7 Å². The van der Waals surface area contributed by atoms with Crippen LogP contribution in [0.1, 0.15) is 55.4 Å². The van der Waals surface area contributed by atoms with E-state index >= 15 is 0 Å². The second kappa shape index (κ2) is 11.3. The largest absolute Gasteiger partial charge is 0.356 e. The van der Waals surface area contributed by atoms with Crippen LogP contribution in [-0.4, -0.2) is 59.6 Å². The lowest BCUT2D eigenvalue weighted by Crippen LogP contribution is -2.52. The van der Waals surface area contributed by atoms with E-state index in [1.807, 2.05) is 0 Å². The van der Waals surface area contributed by atoms with Crippen molar-refractivity contribution in [1.29, 1.82) is 0 Å². The van der Waals surface area contributed by atoms with Crippen LogP contribution in [0.2, 0.25) is 0 Å². The van der Waals surface area contributed by atoms with Gasteiger partial charge in [-0.05, 0) is 49.9 Å². The number of aromatic amines is 1. The molecule has 2 heterocycles. The number of H-pyrrole nitrogens is 1. The van der Waals surface area contributed by atoms with E-state index in [1.165, 1.54) is 24.3 Å². The average molecular weight is 500 g/mol. The van der Waals surface area contributed by atoms with Gasteiger partial charge in [0.1, 0.15) is 11.5 Å². The quantitative estimate of drug-likeness (QED) is 0.327. The van der Waals surface area contributed by atoms with E-state index in [1.54, 1.807) is 0 Å². The summed E-state index contributed by atoms with van der Waals surface area (Å²) in [7, 11) is 0. The zero-order valence-electron chi connectivity index (χ0n) is 19.8. The Balaban J connectivity index is 1.36. The van der Waals surface area contributed by atoms with Gasteiger partial charge in [-0.1, -0.05) is 19.3 Å². The van der Waals surface area contributed by atoms with Crippen LogP contribution in [0.25, 0.3) is 10.9 Å². The van der Waals surface area contributed by atoms with Gasteiger partial charge in [0.25, 0.3) is 11.8 Å². The smallest absolute Gasteiger partial charge is 0.289 e. The molecule has 1 saturated heterocycles. The highest BCUT2D eigenvalue weighted by Gasteiger charge is 2.34. The summed E-state index contributed by atoms with van der Waals surface area (Å²) in [5.74, 6) is -4.02. The maximum Gasteiger partial charge on any atom is 0.289 e. The van der Waals surface area contributed by atoms with E-state index in [0.29, 0.717) is 23.9 Å². The molecule has 36 heavy (non-hydrogen) atoms. The van der Waals surface area contributed by atoms with Gasteiger partial charge in [0, 0.05) is 29.4 Å². The Morgan fingerprint density at radius 1 is 1.06 bits per heavy atom. The molecular formula is C25H30FN5O5. The first kappa shape index (κ1) is 25.3. The number of Topliss-reactive ketones (excluding diaryl/α,β-unsaturated/α-hetero) is 1. The minimum Gasteiger partial charge on any atom is -0.356 e. The molecule has 0 spiro atoms. The molecule has 2 aliphatic rings. The predicted molar refractivity (Wildman–Crippen MR) is 128 cm³/mol. The highest BCUT2D eigenvalue weighted by atomic mass is 19.1. The SMILES string of the molecule is O=C(CNC(=O)c1cc2ccc(F)cc2[nH]1)NC(CC1CCNC1=O)C(=O)C(=O)NC1CCCCC1. The highest BCUT2D eigenvalue weighted by molar-refractivity contribution is 6.38. The summed E-state index contributed by atoms with van der Waals surface area (Å²) in [6.07, 6.45) is 5.15. The Bertz CT molecular complexity index is 1170. The molecule has 2 unspecified atom stereocenters. The van der Waals surface area contributed by atoms with Crippen LogP contribution in [0.5, 0.6) is 0 Å². The normalized spacial score (nSPS) is 18.9. The monoisotopic (exact) mass is 499 g/mol. The Labute approximate surface area is 207 Å². The third-order valence-electron chi connectivity index (χ3n) is 6.74. The predicted octanol–water partition coefficient (Wildman–Crippen LogP) is 1.07. The summed E-state index contributed by atoms with van der Waals surface area (Å²) in [6.45, 7) is 0.0184. The molecule has 5 N–H and O–H groups in total. The van der Waals surface area contributed by atoms with Crippen molar-refractivity contribution in [1.82, 2.24) is 26.3 Å². The first-order valence-corrected chi connectivity index (χ1v) is 12.3. The van der Waals surface area contributed by atoms with E-state index in [0.717, 1.165) is 32.1 Å². The molecule has 11 heteroatoms. The molecule has 2 aromatic rings. The standard InChI is InChI=1S/C25H30FN5O5/c26-16-7-6-14-10-20(30-18(14)12-16)24(35)28-13-21(32)31-19(11-15-8-9-27-23(15)34)22(33)25(36)29-17-4-2-1-3-5-17/h6-7,10,12,15,17,19,30H,1-5,8-9,11,13H2,(H,27,34)(H,28,35)(H,29,36)(H,31,32). The Morgan fingerprint density at radius 2 is 1.83 bits per heavy atom. The number of hydrogen-bond acceptors (Lipinski definition) is 5. The van der Waals surface area contributed by atoms with Gasteiger partial charge < -0.3 is 26.3 Å². The van der Waals surface area contributed by atoms with Crippen molar-refractivity contribution in [2.24, 2.45) is 5.92 Å². The number of halogens is 1. The zero-order chi connectivity index (χ0) is 25.7. The van der Waals surface area contributed by atoms with Gasteiger partial charge in [-0.3, -0.25) is 24.0 Å². The summed E-state index contributed by atoms with van der Waals surface area (Å²) in [6, 6.07) is 4.32. The summed E-state index contributed by atoms with van der Waals surface area (Å²) in [5.41, 5.74) is 0.583. The lowest BCUT2D eigenvalue weighted by atomic mass is 9.93. The van der Waals surface area contributed by atoms with Crippen molar-refractivity contribution in [3.05, 3.63) is 35.8 Å². The number of rotatable bonds is 9. The molecule has 1 aliphatic heterocycles. The first-order chi connectivity index (χ1) is 17.3. The minimum atomic E-state index is -1.19. The molecule has 1 saturated carbocycles. The maximum atomic E-state index is 13.4. The van der Waals surface area contributed by atoms with Crippen molar-refractivity contribution in [2.75, 3.05) is 13.1 Å². The molecule has 0 bridgehead atoms. The van der Waals surface area contributed by atoms with Crippen LogP contribution in [0.4, 0.5) is 4.39 Å². The molecule has 4 rings (SSSR count). The minimum absolute atomic E-state index is 0.00395. The molecule has 1 aromatic carbocycles. The highest BCUT2D eigenvalue weighted by Crippen LogP contribution is 2.19. The number of hydrogen-bond donors (Lipinski definition) is 5. The van der Waals surface area contributed by atoms with Crippen molar-refractivity contribution < 1.29 is 28.4 Å². The third-order valence-corrected chi connectivity index (χ3v) is 6.74. The van der Waals surface area contributed by atoms with E-state index < -0.39 is 47.8 Å². The van der Waals surface area contributed by atoms with Crippen molar-refractivity contribution in [3.8, 4) is 0 Å². The van der Waals surface area contributed by atoms with Crippen LogP contribution in [0.3, 0.4) is 0 Å². The van der Waals surface area contributed by atoms with Gasteiger partial charge in [0.05, 0.1) is 12.6 Å². The molecule has 1 aliphatic carbocycles. The second-order valence-corrected chi connectivity index (χ2v) is 9.40. The van der Waals surface area contributed by atoms with Crippen LogP contribution in [-0.2, 0) is 19.2 Å². The Kier molecular flexibility index (Phi) is 7.97. The lowest BCUT2D eigenvalue weighted by Gasteiger charge is -2.24. The molecule has 10 nitrogen and oxygen atoms in total. The van der Waals surface area contributed by atoms with E-state index in [-0.39, 0.29) is 24.1 Å². The van der Waals surface area contributed by atoms with Gasteiger partial charge in [-0.25, -0.2) is 4.39 Å². The van der Waals surface area contributed by atoms with Gasteiger partial charge in [-0.15, -0.1) is 0 Å². The number of nitrogens with one attached hydrogen (secondary N) is 5. The second-order valence-electron chi connectivity index (χ2n) is 9.40. The van der Waals surface area contributed by atoms with E-state index in [9.17, 15) is 28.4 Å². The Morgan fingerprint density at radius 3 is 2.56 bits per heavy atom. The number of ketones is 1. The molecule has 2 fully saturated rings. The van der Waals surface area contributed by atoms with Gasteiger partial charge in [-0.2, -0.15) is 0 Å².